The highest BCUT2D eigenvalue weighted by atomic mass is 16.1. The number of amides is 1. The molecule has 1 saturated carbocycles. The maximum Gasteiger partial charge on any atom is 0.226 e. The first kappa shape index (κ1) is 12.1. The molecule has 1 heterocycles. The van der Waals surface area contributed by atoms with Crippen molar-refractivity contribution < 1.29 is 4.79 Å². The molecule has 1 aromatic rings. The highest BCUT2D eigenvalue weighted by molar-refractivity contribution is 5.91. The first-order chi connectivity index (χ1) is 8.24. The van der Waals surface area contributed by atoms with Crippen LogP contribution in [0.1, 0.15) is 38.5 Å². The number of carbonyl (C=O) groups excluding carboxylic acids is 1. The summed E-state index contributed by atoms with van der Waals surface area (Å²) in [6.07, 6.45) is 9.71. The molecular weight excluding hydrogens is 216 g/mol. The highest BCUT2D eigenvalue weighted by Gasteiger charge is 2.32. The van der Waals surface area contributed by atoms with Gasteiger partial charge in [0.1, 0.15) is 0 Å². The van der Waals surface area contributed by atoms with Gasteiger partial charge in [-0.25, -0.2) is 0 Å². The standard InChI is InChI=1S/C12H20N4O/c1-13-12(5-3-2-4-6-12)7-11(17)16-10-8-14-15-9-10/h8-9,13H,2-7H2,1H3,(H,14,15)(H,16,17). The Labute approximate surface area is 101 Å². The second-order valence-corrected chi connectivity index (χ2v) is 4.80. The minimum atomic E-state index is -0.00787. The van der Waals surface area contributed by atoms with Crippen LogP contribution < -0.4 is 10.6 Å². The lowest BCUT2D eigenvalue weighted by Gasteiger charge is -2.36. The number of rotatable bonds is 4. The Morgan fingerprint density at radius 3 is 2.82 bits per heavy atom. The first-order valence-electron chi connectivity index (χ1n) is 6.22. The Morgan fingerprint density at radius 1 is 1.47 bits per heavy atom. The molecule has 0 bridgehead atoms. The fourth-order valence-electron chi connectivity index (χ4n) is 2.58. The maximum absolute atomic E-state index is 11.9. The third-order valence-corrected chi connectivity index (χ3v) is 3.62. The zero-order valence-corrected chi connectivity index (χ0v) is 10.3. The molecule has 1 aromatic heterocycles. The molecule has 0 atom stereocenters. The van der Waals surface area contributed by atoms with Crippen molar-refractivity contribution in [1.82, 2.24) is 15.5 Å². The van der Waals surface area contributed by atoms with Crippen molar-refractivity contribution in [3.63, 3.8) is 0 Å². The molecule has 0 spiro atoms. The molecule has 3 N–H and O–H groups in total. The van der Waals surface area contributed by atoms with E-state index in [0.717, 1.165) is 18.5 Å². The number of nitrogens with zero attached hydrogens (tertiary/aromatic N) is 1. The lowest BCUT2D eigenvalue weighted by molar-refractivity contribution is -0.117. The summed E-state index contributed by atoms with van der Waals surface area (Å²) in [6, 6.07) is 0. The van der Waals surface area contributed by atoms with Crippen molar-refractivity contribution >= 4 is 11.6 Å². The second kappa shape index (κ2) is 5.31. The zero-order valence-electron chi connectivity index (χ0n) is 10.3. The van der Waals surface area contributed by atoms with E-state index >= 15 is 0 Å². The number of aromatic amines is 1. The van der Waals surface area contributed by atoms with Crippen molar-refractivity contribution in [3.05, 3.63) is 12.4 Å². The average Bonchev–Trinajstić information content (AvgIpc) is 2.83. The van der Waals surface area contributed by atoms with Gasteiger partial charge in [-0.05, 0) is 19.9 Å². The van der Waals surface area contributed by atoms with E-state index in [0.29, 0.717) is 6.42 Å². The van der Waals surface area contributed by atoms with Crippen LogP contribution in [0.5, 0.6) is 0 Å². The Bertz CT molecular complexity index is 355. The van der Waals surface area contributed by atoms with Crippen LogP contribution >= 0.6 is 0 Å². The molecule has 5 nitrogen and oxygen atoms in total. The average molecular weight is 236 g/mol. The number of carbonyl (C=O) groups is 1. The first-order valence-corrected chi connectivity index (χ1v) is 6.22. The summed E-state index contributed by atoms with van der Waals surface area (Å²) >= 11 is 0. The van der Waals surface area contributed by atoms with Gasteiger partial charge < -0.3 is 10.6 Å². The highest BCUT2D eigenvalue weighted by Crippen LogP contribution is 2.30. The third kappa shape index (κ3) is 3.06. The molecule has 1 aliphatic rings. The lowest BCUT2D eigenvalue weighted by atomic mass is 9.79. The van der Waals surface area contributed by atoms with Gasteiger partial charge in [-0.2, -0.15) is 5.10 Å². The Balaban J connectivity index is 1.91. The second-order valence-electron chi connectivity index (χ2n) is 4.80. The van der Waals surface area contributed by atoms with Crippen molar-refractivity contribution in [1.29, 1.82) is 0 Å². The van der Waals surface area contributed by atoms with E-state index in [1.54, 1.807) is 12.4 Å². The van der Waals surface area contributed by atoms with Gasteiger partial charge in [0, 0.05) is 18.2 Å². The van der Waals surface area contributed by atoms with Gasteiger partial charge in [-0.3, -0.25) is 9.89 Å². The number of nitrogens with one attached hydrogen (secondary N) is 3. The summed E-state index contributed by atoms with van der Waals surface area (Å²) in [4.78, 5) is 11.9. The molecule has 17 heavy (non-hydrogen) atoms. The van der Waals surface area contributed by atoms with Crippen molar-refractivity contribution in [3.8, 4) is 0 Å². The van der Waals surface area contributed by atoms with Crippen LogP contribution in [-0.4, -0.2) is 28.7 Å². The fraction of sp³-hybridized carbons (Fsp3) is 0.667. The molecule has 5 heteroatoms. The Morgan fingerprint density at radius 2 is 2.24 bits per heavy atom. The zero-order chi connectivity index (χ0) is 12.1. The van der Waals surface area contributed by atoms with E-state index in [-0.39, 0.29) is 11.4 Å². The quantitative estimate of drug-likeness (QED) is 0.744. The molecule has 0 radical (unpaired) electrons. The Kier molecular flexibility index (Phi) is 3.78. The van der Waals surface area contributed by atoms with Gasteiger partial charge in [0.25, 0.3) is 0 Å². The van der Waals surface area contributed by atoms with Crippen LogP contribution in [0, 0.1) is 0 Å². The van der Waals surface area contributed by atoms with Gasteiger partial charge in [0.05, 0.1) is 11.9 Å². The molecule has 1 fully saturated rings. The predicted octanol–water partition coefficient (Wildman–Crippen LogP) is 1.66. The Hall–Kier alpha value is -1.36. The predicted molar refractivity (Wildman–Crippen MR) is 66.7 cm³/mol. The summed E-state index contributed by atoms with van der Waals surface area (Å²) in [5.74, 6) is 0.0580. The van der Waals surface area contributed by atoms with E-state index < -0.39 is 0 Å². The number of hydrogen-bond donors (Lipinski definition) is 3. The maximum atomic E-state index is 11.9. The topological polar surface area (TPSA) is 69.8 Å². The summed E-state index contributed by atoms with van der Waals surface area (Å²) in [7, 11) is 1.95. The van der Waals surface area contributed by atoms with Crippen molar-refractivity contribution in [2.45, 2.75) is 44.1 Å². The van der Waals surface area contributed by atoms with Gasteiger partial charge >= 0.3 is 0 Å². The minimum Gasteiger partial charge on any atom is -0.323 e. The molecule has 2 rings (SSSR count). The van der Waals surface area contributed by atoms with Gasteiger partial charge in [-0.15, -0.1) is 0 Å². The summed E-state index contributed by atoms with van der Waals surface area (Å²) in [5.41, 5.74) is 0.726. The molecule has 1 amide bonds. The molecular formula is C12H20N4O. The van der Waals surface area contributed by atoms with Crippen molar-refractivity contribution in [2.24, 2.45) is 0 Å². The van der Waals surface area contributed by atoms with E-state index in [2.05, 4.69) is 20.8 Å². The molecule has 0 saturated heterocycles. The number of aromatic nitrogens is 2. The summed E-state index contributed by atoms with van der Waals surface area (Å²) in [5, 5.41) is 12.7. The third-order valence-electron chi connectivity index (χ3n) is 3.62. The van der Waals surface area contributed by atoms with E-state index in [1.165, 1.54) is 19.3 Å². The number of hydrogen-bond acceptors (Lipinski definition) is 3. The van der Waals surface area contributed by atoms with E-state index in [9.17, 15) is 4.79 Å². The van der Waals surface area contributed by atoms with E-state index in [1.807, 2.05) is 7.05 Å². The summed E-state index contributed by atoms with van der Waals surface area (Å²) < 4.78 is 0. The van der Waals surface area contributed by atoms with Crippen LogP contribution in [0.2, 0.25) is 0 Å². The smallest absolute Gasteiger partial charge is 0.226 e. The molecule has 0 aliphatic heterocycles. The molecule has 0 aromatic carbocycles. The van der Waals surface area contributed by atoms with E-state index in [4.69, 9.17) is 0 Å². The SMILES string of the molecule is CNC1(CC(=O)Nc2cn[nH]c2)CCCCC1. The number of anilines is 1. The minimum absolute atomic E-state index is 0.00787. The molecule has 0 unspecified atom stereocenters. The van der Waals surface area contributed by atoms with Gasteiger partial charge in [-0.1, -0.05) is 19.3 Å². The lowest BCUT2D eigenvalue weighted by Crippen LogP contribution is -2.47. The molecule has 1 aliphatic carbocycles. The largest absolute Gasteiger partial charge is 0.323 e. The van der Waals surface area contributed by atoms with Crippen molar-refractivity contribution in [2.75, 3.05) is 12.4 Å². The van der Waals surface area contributed by atoms with Crippen LogP contribution in [0.15, 0.2) is 12.4 Å². The van der Waals surface area contributed by atoms with Crippen LogP contribution in [0.3, 0.4) is 0 Å². The fourth-order valence-corrected chi connectivity index (χ4v) is 2.58. The van der Waals surface area contributed by atoms with Gasteiger partial charge in [0.15, 0.2) is 0 Å². The summed E-state index contributed by atoms with van der Waals surface area (Å²) in [6.45, 7) is 0. The number of H-pyrrole nitrogens is 1. The van der Waals surface area contributed by atoms with Gasteiger partial charge in [0.2, 0.25) is 5.91 Å². The monoisotopic (exact) mass is 236 g/mol. The van der Waals surface area contributed by atoms with Crippen LogP contribution in [0.25, 0.3) is 0 Å². The van der Waals surface area contributed by atoms with Crippen LogP contribution in [0.4, 0.5) is 5.69 Å². The molecule has 94 valence electrons. The van der Waals surface area contributed by atoms with Crippen LogP contribution in [-0.2, 0) is 4.79 Å². The normalized spacial score (nSPS) is 18.9.